The molecule has 0 atom stereocenters. The summed E-state index contributed by atoms with van der Waals surface area (Å²) in [7, 11) is 2.48. The van der Waals surface area contributed by atoms with Crippen molar-refractivity contribution in [2.24, 2.45) is 7.05 Å². The number of aryl methyl sites for hydroxylation is 1. The van der Waals surface area contributed by atoms with Gasteiger partial charge in [-0.1, -0.05) is 11.8 Å². The summed E-state index contributed by atoms with van der Waals surface area (Å²) in [5, 5.41) is 18.9. The highest BCUT2D eigenvalue weighted by Gasteiger charge is 2.35. The second-order valence-corrected chi connectivity index (χ2v) is 6.84. The van der Waals surface area contributed by atoms with E-state index >= 15 is 0 Å². The van der Waals surface area contributed by atoms with E-state index in [1.807, 2.05) is 0 Å². The van der Waals surface area contributed by atoms with Crippen LogP contribution in [0.4, 0.5) is 18.9 Å². The van der Waals surface area contributed by atoms with E-state index in [9.17, 15) is 22.9 Å². The highest BCUT2D eigenvalue weighted by atomic mass is 32.2. The van der Waals surface area contributed by atoms with Crippen molar-refractivity contribution in [2.75, 3.05) is 12.9 Å². The van der Waals surface area contributed by atoms with Crippen LogP contribution in [-0.4, -0.2) is 53.8 Å². The molecule has 2 heterocycles. The van der Waals surface area contributed by atoms with Crippen molar-refractivity contribution < 1.29 is 32.8 Å². The Morgan fingerprint density at radius 3 is 2.60 bits per heavy atom. The molecule has 3 rings (SSSR count). The zero-order chi connectivity index (χ0) is 22.1. The number of benzene rings is 1. The minimum Gasteiger partial charge on any atom is -0.481 e. The second kappa shape index (κ2) is 8.14. The average Bonchev–Trinajstić information content (AvgIpc) is 3.32. The molecule has 3 aromatic rings. The number of nitrogens with one attached hydrogen (secondary N) is 1. The fourth-order valence-corrected chi connectivity index (χ4v) is 3.07. The van der Waals surface area contributed by atoms with Crippen molar-refractivity contribution >= 4 is 23.4 Å². The molecule has 0 aliphatic carbocycles. The second-order valence-electron chi connectivity index (χ2n) is 5.89. The molecule has 14 heteroatoms. The average molecular weight is 443 g/mol. The number of alkyl halides is 3. The summed E-state index contributed by atoms with van der Waals surface area (Å²) < 4.78 is 40.1. The van der Waals surface area contributed by atoms with Crippen LogP contribution in [0, 0.1) is 4.91 Å². The van der Waals surface area contributed by atoms with Gasteiger partial charge in [-0.2, -0.15) is 18.3 Å². The Bertz CT molecular complexity index is 1110. The van der Waals surface area contributed by atoms with Gasteiger partial charge in [0.15, 0.2) is 18.6 Å². The van der Waals surface area contributed by atoms with Crippen LogP contribution < -0.4 is 0 Å². The van der Waals surface area contributed by atoms with Crippen molar-refractivity contribution in [3.05, 3.63) is 34.9 Å². The van der Waals surface area contributed by atoms with Gasteiger partial charge in [0.25, 0.3) is 4.92 Å². The molecule has 30 heavy (non-hydrogen) atoms. The number of hydrogen-bond acceptors (Lipinski definition) is 7. The summed E-state index contributed by atoms with van der Waals surface area (Å²) in [6.07, 6.45) is -4.63. The summed E-state index contributed by atoms with van der Waals surface area (Å²) in [5.74, 6) is -1.11. The Balaban J connectivity index is 2.07. The van der Waals surface area contributed by atoms with E-state index in [0.717, 1.165) is 29.6 Å². The summed E-state index contributed by atoms with van der Waals surface area (Å²) >= 11 is 0.879. The summed E-state index contributed by atoms with van der Waals surface area (Å²) in [6.45, 7) is 0. The van der Waals surface area contributed by atoms with Gasteiger partial charge in [0.1, 0.15) is 0 Å². The van der Waals surface area contributed by atoms with Crippen molar-refractivity contribution in [3.8, 4) is 22.6 Å². The molecule has 0 amide bonds. The van der Waals surface area contributed by atoms with Crippen LogP contribution in [0.3, 0.4) is 0 Å². The van der Waals surface area contributed by atoms with E-state index in [0.29, 0.717) is 5.56 Å². The van der Waals surface area contributed by atoms with Gasteiger partial charge in [-0.15, -0.1) is 5.10 Å². The van der Waals surface area contributed by atoms with Crippen LogP contribution in [-0.2, 0) is 22.9 Å². The lowest BCUT2D eigenvalue weighted by molar-refractivity contribution is -0.736. The van der Waals surface area contributed by atoms with E-state index < -0.39 is 17.8 Å². The van der Waals surface area contributed by atoms with Crippen molar-refractivity contribution in [2.45, 2.75) is 11.3 Å². The van der Waals surface area contributed by atoms with Crippen LogP contribution in [0.15, 0.2) is 29.4 Å². The molecule has 0 radical (unpaired) electrons. The largest absolute Gasteiger partial charge is 0.481 e. The fourth-order valence-electron chi connectivity index (χ4n) is 2.55. The molecule has 0 unspecified atom stereocenters. The Morgan fingerprint density at radius 1 is 1.30 bits per heavy atom. The van der Waals surface area contributed by atoms with Crippen molar-refractivity contribution in [1.29, 1.82) is 0 Å². The smallest absolute Gasteiger partial charge is 0.435 e. The minimum atomic E-state index is -4.63. The molecular weight excluding hydrogens is 429 g/mol. The van der Waals surface area contributed by atoms with Gasteiger partial charge >= 0.3 is 17.8 Å². The predicted octanol–water partition coefficient (Wildman–Crippen LogP) is 3.04. The minimum absolute atomic E-state index is 0.00380. The predicted molar refractivity (Wildman–Crippen MR) is 97.7 cm³/mol. The molecule has 0 aliphatic rings. The van der Waals surface area contributed by atoms with E-state index in [-0.39, 0.29) is 38.6 Å². The molecule has 158 valence electrons. The number of aromatic amines is 1. The van der Waals surface area contributed by atoms with Gasteiger partial charge in [-0.05, 0) is 12.1 Å². The molecule has 0 saturated heterocycles. The van der Waals surface area contributed by atoms with E-state index in [1.165, 1.54) is 25.2 Å². The molecule has 0 saturated carbocycles. The number of carboxylic acids is 1. The maximum absolute atomic E-state index is 13.0. The first-order chi connectivity index (χ1) is 14.1. The quantitative estimate of drug-likeness (QED) is 0.422. The third-order valence-corrected chi connectivity index (χ3v) is 4.66. The summed E-state index contributed by atoms with van der Waals surface area (Å²) in [4.78, 5) is 31.6. The molecule has 0 fully saturated rings. The standard InChI is InChI=1S/C16H13F3N6O4S/c1-24-11(6-12(23-24)16(17,18)19)8-3-9(5-10(4-8)25(28)29-2)14-20-15(22-21-14)30-7-13(26)27/h3-6H,7H2,1-2H3,(H-,20,21,22,26,27)/p+1. The fraction of sp³-hybridized carbons (Fsp3) is 0.250. The number of rotatable bonds is 7. The van der Waals surface area contributed by atoms with E-state index in [4.69, 9.17) is 5.11 Å². The van der Waals surface area contributed by atoms with Gasteiger partial charge in [-0.3, -0.25) is 14.6 Å². The highest BCUT2D eigenvalue weighted by Crippen LogP contribution is 2.34. The highest BCUT2D eigenvalue weighted by molar-refractivity contribution is 7.99. The maximum Gasteiger partial charge on any atom is 0.435 e. The Morgan fingerprint density at radius 2 is 2.00 bits per heavy atom. The lowest BCUT2D eigenvalue weighted by Crippen LogP contribution is -2.06. The molecule has 2 aromatic heterocycles. The van der Waals surface area contributed by atoms with Gasteiger partial charge in [0.2, 0.25) is 5.16 Å². The number of aliphatic carboxylic acids is 1. The van der Waals surface area contributed by atoms with Gasteiger partial charge in [0.05, 0.1) is 16.4 Å². The molecule has 2 N–H and O–H groups in total. The van der Waals surface area contributed by atoms with Crippen LogP contribution in [0.1, 0.15) is 5.69 Å². The lowest BCUT2D eigenvalue weighted by atomic mass is 10.1. The number of carboxylic acid groups (broad SMARTS) is 1. The number of halogens is 3. The number of carbonyl (C=O) groups is 1. The number of aromatic nitrogens is 5. The van der Waals surface area contributed by atoms with Crippen LogP contribution in [0.25, 0.3) is 22.6 Å². The number of thioether (sulfide) groups is 1. The maximum atomic E-state index is 13.0. The van der Waals surface area contributed by atoms with Gasteiger partial charge < -0.3 is 5.11 Å². The van der Waals surface area contributed by atoms with Gasteiger partial charge in [-0.25, -0.2) is 9.82 Å². The van der Waals surface area contributed by atoms with Crippen molar-refractivity contribution in [3.63, 3.8) is 0 Å². The monoisotopic (exact) mass is 443 g/mol. The Kier molecular flexibility index (Phi) is 5.78. The van der Waals surface area contributed by atoms with Crippen LogP contribution in [0.5, 0.6) is 0 Å². The van der Waals surface area contributed by atoms with Gasteiger partial charge in [0, 0.05) is 30.3 Å². The molecule has 10 nitrogen and oxygen atoms in total. The first-order valence-electron chi connectivity index (χ1n) is 8.14. The first-order valence-corrected chi connectivity index (χ1v) is 9.12. The topological polar surface area (TPSA) is 126 Å². The molecular formula is C16H14F3N6O4S+. The SMILES string of the molecule is CO[N+](=O)c1cc(-c2nc(SCC(=O)O)n[nH]2)cc(-c2cc(C(F)(F)F)nn2C)c1. The molecule has 0 spiro atoms. The lowest BCUT2D eigenvalue weighted by Gasteiger charge is -2.04. The van der Waals surface area contributed by atoms with Crippen molar-refractivity contribution in [1.82, 2.24) is 25.0 Å². The molecule has 0 bridgehead atoms. The normalized spacial score (nSPS) is 11.5. The third-order valence-electron chi connectivity index (χ3n) is 3.82. The van der Waals surface area contributed by atoms with E-state index in [1.54, 1.807) is 0 Å². The Labute approximate surface area is 170 Å². The third kappa shape index (κ3) is 4.59. The van der Waals surface area contributed by atoms with Crippen LogP contribution in [0.2, 0.25) is 0 Å². The van der Waals surface area contributed by atoms with E-state index in [2.05, 4.69) is 25.1 Å². The summed E-state index contributed by atoms with van der Waals surface area (Å²) in [5.41, 5.74) is -0.401. The van der Waals surface area contributed by atoms with Crippen LogP contribution >= 0.6 is 11.8 Å². The zero-order valence-corrected chi connectivity index (χ0v) is 16.3. The number of hydrogen-bond donors (Lipinski definition) is 2. The first kappa shape index (κ1) is 21.3. The zero-order valence-electron chi connectivity index (χ0n) is 15.5. The summed E-state index contributed by atoms with van der Waals surface area (Å²) in [6, 6.07) is 5.09. The molecule has 1 aromatic carbocycles. The Hall–Kier alpha value is -3.42. The molecule has 0 aliphatic heterocycles. The number of nitrogens with zero attached hydrogens (tertiary/aromatic N) is 5. The number of H-pyrrole nitrogens is 1.